The summed E-state index contributed by atoms with van der Waals surface area (Å²) in [6, 6.07) is 9.80. The van der Waals surface area contributed by atoms with Crippen molar-refractivity contribution in [2.24, 2.45) is 0 Å². The molecule has 4 atom stereocenters. The van der Waals surface area contributed by atoms with Gasteiger partial charge in [-0.15, -0.1) is 0 Å². The highest BCUT2D eigenvalue weighted by Gasteiger charge is 2.46. The molecule has 2 fully saturated rings. The highest BCUT2D eigenvalue weighted by Crippen LogP contribution is 2.27. The van der Waals surface area contributed by atoms with Crippen molar-refractivity contribution < 1.29 is 23.4 Å². The summed E-state index contributed by atoms with van der Waals surface area (Å²) in [4.78, 5) is 4.42. The maximum Gasteiger partial charge on any atom is 0.208 e. The third-order valence-electron chi connectivity index (χ3n) is 5.05. The quantitative estimate of drug-likeness (QED) is 0.568. The number of para-hydroxylation sites is 1. The van der Waals surface area contributed by atoms with Crippen LogP contribution in [0, 0.1) is 0 Å². The number of aliphatic hydroxyl groups excluding tert-OH is 2. The molecule has 3 N–H and O–H groups in total. The fourth-order valence-corrected chi connectivity index (χ4v) is 4.21. The van der Waals surface area contributed by atoms with E-state index in [9.17, 15) is 18.6 Å². The Kier molecular flexibility index (Phi) is 6.16. The molecule has 8 nitrogen and oxygen atoms in total. The largest absolute Gasteiger partial charge is 0.394 e. The molecule has 2 saturated heterocycles. The van der Waals surface area contributed by atoms with Crippen LogP contribution in [0.1, 0.15) is 0 Å². The van der Waals surface area contributed by atoms with Gasteiger partial charge in [-0.25, -0.2) is 13.1 Å². The highest BCUT2D eigenvalue weighted by atomic mass is 32.2. The minimum atomic E-state index is -3.35. The molecule has 2 aliphatic rings. The smallest absolute Gasteiger partial charge is 0.208 e. The van der Waals surface area contributed by atoms with Crippen LogP contribution in [0.3, 0.4) is 0 Å². The zero-order valence-corrected chi connectivity index (χ0v) is 15.7. The molecule has 0 aromatic heterocycles. The minimum Gasteiger partial charge on any atom is -0.394 e. The molecule has 26 heavy (non-hydrogen) atoms. The number of anilines is 1. The van der Waals surface area contributed by atoms with Gasteiger partial charge < -0.3 is 19.8 Å². The number of hydrogen-bond acceptors (Lipinski definition) is 7. The van der Waals surface area contributed by atoms with Crippen LogP contribution in [0.15, 0.2) is 30.3 Å². The molecule has 1 aromatic rings. The molecule has 0 bridgehead atoms. The zero-order chi connectivity index (χ0) is 18.7. The lowest BCUT2D eigenvalue weighted by Gasteiger charge is -2.41. The van der Waals surface area contributed by atoms with Gasteiger partial charge in [0.05, 0.1) is 25.0 Å². The van der Waals surface area contributed by atoms with Gasteiger partial charge in [0, 0.05) is 38.4 Å². The van der Waals surface area contributed by atoms with Crippen LogP contribution in [0.4, 0.5) is 5.69 Å². The Balaban J connectivity index is 1.65. The van der Waals surface area contributed by atoms with Crippen LogP contribution in [-0.4, -0.2) is 93.5 Å². The van der Waals surface area contributed by atoms with E-state index in [0.29, 0.717) is 0 Å². The molecule has 3 rings (SSSR count). The first-order chi connectivity index (χ1) is 12.4. The lowest BCUT2D eigenvalue weighted by Crippen LogP contribution is -2.57. The summed E-state index contributed by atoms with van der Waals surface area (Å²) in [5.41, 5.74) is 1.17. The van der Waals surface area contributed by atoms with E-state index in [2.05, 4.69) is 26.7 Å². The van der Waals surface area contributed by atoms with Gasteiger partial charge in [-0.1, -0.05) is 18.2 Å². The second kappa shape index (κ2) is 8.20. The standard InChI is InChI=1S/C17H27N3O5S/c1-26(23,24)18-11-14-16(17(22)15(12-21)25-14)20-9-7-19(8-10-20)13-5-3-2-4-6-13/h2-6,14-18,21-22H,7-12H2,1H3/t14-,15+,16?,17-/m1/s1. The number of rotatable bonds is 6. The number of hydrogen-bond donors (Lipinski definition) is 3. The molecule has 2 aliphatic heterocycles. The summed E-state index contributed by atoms with van der Waals surface area (Å²) in [6.45, 7) is 2.86. The summed E-state index contributed by atoms with van der Waals surface area (Å²) in [5, 5.41) is 20.0. The lowest BCUT2D eigenvalue weighted by molar-refractivity contribution is -0.0201. The number of ether oxygens (including phenoxy) is 1. The van der Waals surface area contributed by atoms with Gasteiger partial charge in [0.25, 0.3) is 0 Å². The SMILES string of the molecule is CS(=O)(=O)NC[C@H]1O[C@@H](CO)[C@@H](O)C1N1CCN(c2ccccc2)CC1. The second-order valence-electron chi connectivity index (χ2n) is 6.86. The third-order valence-corrected chi connectivity index (χ3v) is 5.74. The Labute approximate surface area is 154 Å². The Bertz CT molecular complexity index is 679. The Hall–Kier alpha value is -1.23. The van der Waals surface area contributed by atoms with Gasteiger partial charge in [0.15, 0.2) is 0 Å². The predicted octanol–water partition coefficient (Wildman–Crippen LogP) is -1.15. The second-order valence-corrected chi connectivity index (χ2v) is 8.69. The van der Waals surface area contributed by atoms with Crippen molar-refractivity contribution in [3.8, 4) is 0 Å². The van der Waals surface area contributed by atoms with Crippen LogP contribution >= 0.6 is 0 Å². The van der Waals surface area contributed by atoms with Crippen molar-refractivity contribution in [1.29, 1.82) is 0 Å². The number of nitrogens with zero attached hydrogens (tertiary/aromatic N) is 2. The Morgan fingerprint density at radius 2 is 1.81 bits per heavy atom. The molecule has 0 saturated carbocycles. The molecule has 0 aliphatic carbocycles. The minimum absolute atomic E-state index is 0.0793. The van der Waals surface area contributed by atoms with Crippen LogP contribution in [0.5, 0.6) is 0 Å². The zero-order valence-electron chi connectivity index (χ0n) is 14.9. The van der Waals surface area contributed by atoms with Gasteiger partial charge in [0.2, 0.25) is 10.0 Å². The average Bonchev–Trinajstić information content (AvgIpc) is 2.96. The number of nitrogens with one attached hydrogen (secondary N) is 1. The van der Waals surface area contributed by atoms with Gasteiger partial charge in [0.1, 0.15) is 12.2 Å². The van der Waals surface area contributed by atoms with Crippen LogP contribution in [-0.2, 0) is 14.8 Å². The van der Waals surface area contributed by atoms with Gasteiger partial charge in [-0.3, -0.25) is 4.90 Å². The van der Waals surface area contributed by atoms with Crippen molar-refractivity contribution in [3.05, 3.63) is 30.3 Å². The Morgan fingerprint density at radius 1 is 1.15 bits per heavy atom. The van der Waals surface area contributed by atoms with Crippen molar-refractivity contribution in [2.75, 3.05) is 50.5 Å². The van der Waals surface area contributed by atoms with E-state index in [0.717, 1.165) is 32.4 Å². The fraction of sp³-hybridized carbons (Fsp3) is 0.647. The maximum atomic E-state index is 11.4. The molecule has 0 amide bonds. The topological polar surface area (TPSA) is 102 Å². The maximum absolute atomic E-state index is 11.4. The monoisotopic (exact) mass is 385 g/mol. The first-order valence-corrected chi connectivity index (χ1v) is 10.7. The number of piperazine rings is 1. The highest BCUT2D eigenvalue weighted by molar-refractivity contribution is 7.88. The summed E-state index contributed by atoms with van der Waals surface area (Å²) in [6.07, 6.45) is -0.955. The molecule has 9 heteroatoms. The number of aliphatic hydroxyl groups is 2. The summed E-state index contributed by atoms with van der Waals surface area (Å²) in [7, 11) is -3.35. The van der Waals surface area contributed by atoms with Gasteiger partial charge in [-0.2, -0.15) is 0 Å². The van der Waals surface area contributed by atoms with Crippen molar-refractivity contribution >= 4 is 15.7 Å². The summed E-state index contributed by atoms with van der Waals surface area (Å²) >= 11 is 0. The third kappa shape index (κ3) is 4.54. The molecule has 2 heterocycles. The Morgan fingerprint density at radius 3 is 2.38 bits per heavy atom. The van der Waals surface area contributed by atoms with Crippen LogP contribution < -0.4 is 9.62 Å². The lowest BCUT2D eigenvalue weighted by atomic mass is 10.0. The predicted molar refractivity (Wildman–Crippen MR) is 98.6 cm³/mol. The van der Waals surface area contributed by atoms with E-state index in [1.807, 2.05) is 18.2 Å². The van der Waals surface area contributed by atoms with E-state index < -0.39 is 28.3 Å². The van der Waals surface area contributed by atoms with E-state index in [1.165, 1.54) is 5.69 Å². The molecule has 1 unspecified atom stereocenters. The molecule has 1 aromatic carbocycles. The number of sulfonamides is 1. The van der Waals surface area contributed by atoms with Crippen molar-refractivity contribution in [2.45, 2.75) is 24.4 Å². The van der Waals surface area contributed by atoms with Crippen molar-refractivity contribution in [1.82, 2.24) is 9.62 Å². The first-order valence-electron chi connectivity index (χ1n) is 8.82. The summed E-state index contributed by atoms with van der Waals surface area (Å²) in [5.74, 6) is 0. The molecule has 0 radical (unpaired) electrons. The molecule has 0 spiro atoms. The number of benzene rings is 1. The first kappa shape index (κ1) is 19.5. The van der Waals surface area contributed by atoms with E-state index in [1.54, 1.807) is 0 Å². The van der Waals surface area contributed by atoms with E-state index >= 15 is 0 Å². The van der Waals surface area contributed by atoms with Gasteiger partial charge >= 0.3 is 0 Å². The van der Waals surface area contributed by atoms with Crippen LogP contribution in [0.25, 0.3) is 0 Å². The fourth-order valence-electron chi connectivity index (χ4n) is 3.75. The van der Waals surface area contributed by atoms with Gasteiger partial charge in [-0.05, 0) is 12.1 Å². The molecule has 146 valence electrons. The normalized spacial score (nSPS) is 30.7. The van der Waals surface area contributed by atoms with Crippen molar-refractivity contribution in [3.63, 3.8) is 0 Å². The molecular weight excluding hydrogens is 358 g/mol. The van der Waals surface area contributed by atoms with Crippen LogP contribution in [0.2, 0.25) is 0 Å². The van der Waals surface area contributed by atoms with E-state index in [4.69, 9.17) is 4.74 Å². The van der Waals surface area contributed by atoms with E-state index in [-0.39, 0.29) is 19.2 Å². The molecular formula is C17H27N3O5S. The summed E-state index contributed by atoms with van der Waals surface area (Å²) < 4.78 is 31.0. The average molecular weight is 385 g/mol.